The molecule has 1 heterocycles. The van der Waals surface area contributed by atoms with E-state index >= 15 is 0 Å². The van der Waals surface area contributed by atoms with Crippen LogP contribution in [0.1, 0.15) is 12.5 Å². The highest BCUT2D eigenvalue weighted by atomic mass is 16.5. The van der Waals surface area contributed by atoms with Crippen molar-refractivity contribution in [3.8, 4) is 5.75 Å². The van der Waals surface area contributed by atoms with Gasteiger partial charge < -0.3 is 19.8 Å². The van der Waals surface area contributed by atoms with Crippen LogP contribution in [-0.2, 0) is 4.79 Å². The number of carboxylic acids is 1. The summed E-state index contributed by atoms with van der Waals surface area (Å²) in [6, 6.07) is 7.12. The fourth-order valence-electron chi connectivity index (χ4n) is 2.62. The highest BCUT2D eigenvalue weighted by Gasteiger charge is 2.31. The summed E-state index contributed by atoms with van der Waals surface area (Å²) in [7, 11) is 1.56. The van der Waals surface area contributed by atoms with E-state index in [0.29, 0.717) is 11.3 Å². The van der Waals surface area contributed by atoms with Gasteiger partial charge in [0.05, 0.1) is 19.2 Å². The van der Waals surface area contributed by atoms with Gasteiger partial charge in [-0.15, -0.1) is 0 Å². The van der Waals surface area contributed by atoms with Crippen molar-refractivity contribution in [3.63, 3.8) is 0 Å². The first-order chi connectivity index (χ1) is 9.93. The van der Waals surface area contributed by atoms with E-state index in [0.717, 1.165) is 10.5 Å². The molecule has 2 rings (SSSR count). The van der Waals surface area contributed by atoms with Gasteiger partial charge in [0.2, 0.25) is 0 Å². The second-order valence-electron chi connectivity index (χ2n) is 4.99. The van der Waals surface area contributed by atoms with Gasteiger partial charge in [-0.1, -0.05) is 19.1 Å². The van der Waals surface area contributed by atoms with Crippen LogP contribution in [0.15, 0.2) is 29.8 Å². The van der Waals surface area contributed by atoms with Gasteiger partial charge >= 0.3 is 12.1 Å². The molecule has 1 amide bonds. The molecular weight excluding hydrogens is 274 g/mol. The second kappa shape index (κ2) is 5.87. The lowest BCUT2D eigenvalue weighted by atomic mass is 9.86. The molecule has 1 unspecified atom stereocenters. The zero-order valence-corrected chi connectivity index (χ0v) is 11.9. The molecule has 1 aromatic rings. The largest absolute Gasteiger partial charge is 0.497 e. The van der Waals surface area contributed by atoms with Crippen LogP contribution in [0.5, 0.6) is 5.75 Å². The Hall–Kier alpha value is -2.50. The number of methoxy groups -OCH3 is 1. The van der Waals surface area contributed by atoms with Crippen LogP contribution in [0.2, 0.25) is 0 Å². The summed E-state index contributed by atoms with van der Waals surface area (Å²) in [6.45, 7) is 2.02. The van der Waals surface area contributed by atoms with Crippen LogP contribution in [0.4, 0.5) is 4.79 Å². The molecule has 2 N–H and O–H groups in total. The lowest BCUT2D eigenvalue weighted by molar-refractivity contribution is -0.132. The topological polar surface area (TPSA) is 87.1 Å². The fraction of sp³-hybridized carbons (Fsp3) is 0.333. The number of ether oxygens (including phenoxy) is 1. The average molecular weight is 291 g/mol. The molecule has 0 saturated carbocycles. The average Bonchev–Trinajstić information content (AvgIpc) is 2.46. The third-order valence-corrected chi connectivity index (χ3v) is 3.59. The summed E-state index contributed by atoms with van der Waals surface area (Å²) in [6.07, 6.45) is -1.10. The van der Waals surface area contributed by atoms with E-state index in [1.807, 2.05) is 6.92 Å². The zero-order valence-electron chi connectivity index (χ0n) is 11.9. The Morgan fingerprint density at radius 3 is 2.33 bits per heavy atom. The number of rotatable bonds is 3. The predicted octanol–water partition coefficient (Wildman–Crippen LogP) is 2.16. The van der Waals surface area contributed by atoms with Crippen molar-refractivity contribution in [2.45, 2.75) is 6.92 Å². The molecule has 6 nitrogen and oxygen atoms in total. The minimum atomic E-state index is -1.10. The molecule has 1 aromatic carbocycles. The Balaban J connectivity index is 2.46. The van der Waals surface area contributed by atoms with Crippen LogP contribution in [0.3, 0.4) is 0 Å². The van der Waals surface area contributed by atoms with Crippen molar-refractivity contribution in [2.75, 3.05) is 20.2 Å². The zero-order chi connectivity index (χ0) is 15.6. The Bertz CT molecular complexity index is 591. The van der Waals surface area contributed by atoms with Crippen molar-refractivity contribution in [2.24, 2.45) is 5.92 Å². The van der Waals surface area contributed by atoms with Crippen molar-refractivity contribution < 1.29 is 24.5 Å². The van der Waals surface area contributed by atoms with E-state index < -0.39 is 12.1 Å². The van der Waals surface area contributed by atoms with Crippen molar-refractivity contribution in [1.82, 2.24) is 4.90 Å². The van der Waals surface area contributed by atoms with Crippen molar-refractivity contribution in [3.05, 3.63) is 35.4 Å². The molecule has 0 aromatic heterocycles. The Morgan fingerprint density at radius 1 is 1.24 bits per heavy atom. The smallest absolute Gasteiger partial charge is 0.407 e. The van der Waals surface area contributed by atoms with Gasteiger partial charge in [0, 0.05) is 12.5 Å². The summed E-state index contributed by atoms with van der Waals surface area (Å²) in [5.74, 6) is -0.584. The third-order valence-electron chi connectivity index (χ3n) is 3.59. The quantitative estimate of drug-likeness (QED) is 0.891. The predicted molar refractivity (Wildman–Crippen MR) is 76.3 cm³/mol. The maximum Gasteiger partial charge on any atom is 0.407 e. The van der Waals surface area contributed by atoms with Gasteiger partial charge in [0.25, 0.3) is 0 Å². The maximum absolute atomic E-state index is 11.5. The lowest BCUT2D eigenvalue weighted by Crippen LogP contribution is -2.41. The third kappa shape index (κ3) is 2.99. The Labute approximate surface area is 122 Å². The van der Waals surface area contributed by atoms with Crippen molar-refractivity contribution in [1.29, 1.82) is 0 Å². The van der Waals surface area contributed by atoms with Crippen LogP contribution < -0.4 is 4.74 Å². The Morgan fingerprint density at radius 2 is 1.86 bits per heavy atom. The number of benzene rings is 1. The molecule has 0 radical (unpaired) electrons. The molecule has 0 saturated heterocycles. The minimum Gasteiger partial charge on any atom is -0.497 e. The highest BCUT2D eigenvalue weighted by Crippen LogP contribution is 2.33. The van der Waals surface area contributed by atoms with E-state index in [9.17, 15) is 14.7 Å². The first-order valence-corrected chi connectivity index (χ1v) is 6.52. The second-order valence-corrected chi connectivity index (χ2v) is 4.99. The molecule has 0 bridgehead atoms. The summed E-state index contributed by atoms with van der Waals surface area (Å²) in [4.78, 5) is 23.7. The van der Waals surface area contributed by atoms with Gasteiger partial charge in [-0.3, -0.25) is 0 Å². The van der Waals surface area contributed by atoms with E-state index in [-0.39, 0.29) is 24.6 Å². The summed E-state index contributed by atoms with van der Waals surface area (Å²) in [5.41, 5.74) is 1.59. The lowest BCUT2D eigenvalue weighted by Gasteiger charge is -2.32. The van der Waals surface area contributed by atoms with Gasteiger partial charge in [-0.25, -0.2) is 9.59 Å². The molecule has 0 aliphatic carbocycles. The molecule has 21 heavy (non-hydrogen) atoms. The number of nitrogens with zero attached hydrogens (tertiary/aromatic N) is 1. The highest BCUT2D eigenvalue weighted by molar-refractivity contribution is 5.98. The first-order valence-electron chi connectivity index (χ1n) is 6.52. The number of carbonyl (C=O) groups is 2. The maximum atomic E-state index is 11.5. The van der Waals surface area contributed by atoms with Crippen molar-refractivity contribution >= 4 is 17.6 Å². The summed E-state index contributed by atoms with van der Waals surface area (Å²) in [5, 5.41) is 18.5. The van der Waals surface area contributed by atoms with Crippen LogP contribution in [0, 0.1) is 5.92 Å². The monoisotopic (exact) mass is 291 g/mol. The molecule has 0 fully saturated rings. The van der Waals surface area contributed by atoms with E-state index in [2.05, 4.69) is 0 Å². The van der Waals surface area contributed by atoms with Crippen LogP contribution in [-0.4, -0.2) is 47.4 Å². The molecule has 0 spiro atoms. The number of amides is 1. The number of hydrogen-bond acceptors (Lipinski definition) is 3. The normalized spacial score (nSPS) is 18.6. The molecule has 1 atom stereocenters. The van der Waals surface area contributed by atoms with Gasteiger partial charge in [0.15, 0.2) is 0 Å². The number of carboxylic acid groups (broad SMARTS) is 2. The van der Waals surface area contributed by atoms with Gasteiger partial charge in [-0.2, -0.15) is 0 Å². The van der Waals surface area contributed by atoms with Crippen LogP contribution in [0.25, 0.3) is 5.57 Å². The fourth-order valence-corrected chi connectivity index (χ4v) is 2.62. The van der Waals surface area contributed by atoms with E-state index in [1.54, 1.807) is 31.4 Å². The SMILES string of the molecule is COc1ccc(C2=C(C(=O)O)CN(C(=O)O)CC2C)cc1. The Kier molecular flexibility index (Phi) is 4.16. The molecule has 1 aliphatic heterocycles. The van der Waals surface area contributed by atoms with Gasteiger partial charge in [0.1, 0.15) is 5.75 Å². The summed E-state index contributed by atoms with van der Waals surface area (Å²) >= 11 is 0. The van der Waals surface area contributed by atoms with Gasteiger partial charge in [-0.05, 0) is 23.3 Å². The van der Waals surface area contributed by atoms with Crippen LogP contribution >= 0.6 is 0 Å². The molecule has 112 valence electrons. The number of aliphatic carboxylic acids is 1. The molecule has 6 heteroatoms. The van der Waals surface area contributed by atoms with E-state index in [4.69, 9.17) is 9.84 Å². The summed E-state index contributed by atoms with van der Waals surface area (Å²) < 4.78 is 5.09. The van der Waals surface area contributed by atoms with E-state index in [1.165, 1.54) is 0 Å². The first kappa shape index (κ1) is 14.9. The molecular formula is C15H17NO5. The number of hydrogen-bond donors (Lipinski definition) is 2. The minimum absolute atomic E-state index is 0.101. The standard InChI is InChI=1S/C15H17NO5/c1-9-7-16(15(19)20)8-12(14(17)18)13(9)10-3-5-11(21-2)6-4-10/h3-6,9H,7-8H2,1-2H3,(H,17,18)(H,19,20). The molecule has 1 aliphatic rings.